The van der Waals surface area contributed by atoms with E-state index in [1.165, 1.54) is 7.11 Å². The summed E-state index contributed by atoms with van der Waals surface area (Å²) in [6.45, 7) is 2.12. The molecule has 3 nitrogen and oxygen atoms in total. The Morgan fingerprint density at radius 1 is 1.54 bits per heavy atom. The first-order valence-corrected chi connectivity index (χ1v) is 4.45. The summed E-state index contributed by atoms with van der Waals surface area (Å²) < 4.78 is 9.79. The van der Waals surface area contributed by atoms with Crippen LogP contribution in [0.3, 0.4) is 0 Å². The summed E-state index contributed by atoms with van der Waals surface area (Å²) in [4.78, 5) is 11.0. The van der Waals surface area contributed by atoms with Gasteiger partial charge < -0.3 is 9.15 Å². The molecule has 0 bridgehead atoms. The number of furan rings is 1. The van der Waals surface area contributed by atoms with Crippen molar-refractivity contribution in [2.45, 2.75) is 26.2 Å². The van der Waals surface area contributed by atoms with Gasteiger partial charge in [-0.1, -0.05) is 13.3 Å². The molecule has 3 heteroatoms. The fraction of sp³-hybridized carbons (Fsp3) is 0.500. The maximum absolute atomic E-state index is 11.0. The number of unbranched alkanes of at least 4 members (excludes halogenated alkanes) is 1. The Bertz CT molecular complexity index is 275. The standard InChI is InChI=1S/C10H14O3/c1-3-4-5-8-6-7-9(13-8)10(11)12-2/h6-7H,3-5H2,1-2H3. The molecule has 0 spiro atoms. The lowest BCUT2D eigenvalue weighted by molar-refractivity contribution is 0.0563. The number of ether oxygens (including phenoxy) is 1. The second kappa shape index (κ2) is 4.70. The molecule has 1 aromatic heterocycles. The summed E-state index contributed by atoms with van der Waals surface area (Å²) in [6.07, 6.45) is 3.08. The zero-order valence-electron chi connectivity index (χ0n) is 8.00. The van der Waals surface area contributed by atoms with Crippen molar-refractivity contribution < 1.29 is 13.9 Å². The van der Waals surface area contributed by atoms with Gasteiger partial charge in [-0.05, 0) is 18.6 Å². The molecule has 0 saturated heterocycles. The van der Waals surface area contributed by atoms with Gasteiger partial charge in [0.1, 0.15) is 5.76 Å². The van der Waals surface area contributed by atoms with E-state index in [4.69, 9.17) is 4.42 Å². The van der Waals surface area contributed by atoms with Gasteiger partial charge in [0.15, 0.2) is 0 Å². The number of methoxy groups -OCH3 is 1. The van der Waals surface area contributed by atoms with Crippen LogP contribution in [-0.4, -0.2) is 13.1 Å². The fourth-order valence-corrected chi connectivity index (χ4v) is 1.07. The third kappa shape index (κ3) is 2.61. The molecule has 0 amide bonds. The molecule has 0 aliphatic heterocycles. The summed E-state index contributed by atoms with van der Waals surface area (Å²) in [5, 5.41) is 0. The Balaban J connectivity index is 2.58. The third-order valence-electron chi connectivity index (χ3n) is 1.82. The lowest BCUT2D eigenvalue weighted by Gasteiger charge is -1.94. The molecule has 0 aromatic carbocycles. The highest BCUT2D eigenvalue weighted by atomic mass is 16.5. The molecule has 13 heavy (non-hydrogen) atoms. The van der Waals surface area contributed by atoms with Crippen LogP contribution in [0.5, 0.6) is 0 Å². The van der Waals surface area contributed by atoms with Gasteiger partial charge in [0, 0.05) is 6.42 Å². The summed E-state index contributed by atoms with van der Waals surface area (Å²) in [7, 11) is 1.34. The zero-order chi connectivity index (χ0) is 9.68. The number of carbonyl (C=O) groups is 1. The number of aryl methyl sites for hydroxylation is 1. The van der Waals surface area contributed by atoms with Crippen molar-refractivity contribution in [2.24, 2.45) is 0 Å². The molecule has 72 valence electrons. The minimum atomic E-state index is -0.414. The van der Waals surface area contributed by atoms with Crippen molar-refractivity contribution in [2.75, 3.05) is 7.11 Å². The van der Waals surface area contributed by atoms with Crippen LogP contribution in [0.1, 0.15) is 36.1 Å². The normalized spacial score (nSPS) is 10.0. The average molecular weight is 182 g/mol. The molecule has 1 rings (SSSR count). The second-order valence-electron chi connectivity index (χ2n) is 2.86. The van der Waals surface area contributed by atoms with Gasteiger partial charge in [0.25, 0.3) is 0 Å². The van der Waals surface area contributed by atoms with Gasteiger partial charge in [-0.2, -0.15) is 0 Å². The van der Waals surface area contributed by atoms with Crippen molar-refractivity contribution in [1.82, 2.24) is 0 Å². The number of carbonyl (C=O) groups excluding carboxylic acids is 1. The highest BCUT2D eigenvalue weighted by Gasteiger charge is 2.10. The quantitative estimate of drug-likeness (QED) is 0.671. The van der Waals surface area contributed by atoms with E-state index >= 15 is 0 Å². The van der Waals surface area contributed by atoms with Crippen LogP contribution in [0.15, 0.2) is 16.5 Å². The molecular weight excluding hydrogens is 168 g/mol. The molecule has 0 N–H and O–H groups in total. The zero-order valence-corrected chi connectivity index (χ0v) is 8.00. The summed E-state index contributed by atoms with van der Waals surface area (Å²) in [5.74, 6) is 0.721. The van der Waals surface area contributed by atoms with Crippen molar-refractivity contribution in [3.05, 3.63) is 23.7 Å². The molecule has 1 heterocycles. The van der Waals surface area contributed by atoms with Gasteiger partial charge in [-0.25, -0.2) is 4.79 Å². The Kier molecular flexibility index (Phi) is 3.55. The van der Waals surface area contributed by atoms with Crippen molar-refractivity contribution in [3.8, 4) is 0 Å². The summed E-state index contributed by atoms with van der Waals surface area (Å²) in [5.41, 5.74) is 0. The van der Waals surface area contributed by atoms with Gasteiger partial charge >= 0.3 is 5.97 Å². The molecular formula is C10H14O3. The predicted octanol–water partition coefficient (Wildman–Crippen LogP) is 2.41. The van der Waals surface area contributed by atoms with Gasteiger partial charge in [0.05, 0.1) is 7.11 Å². The second-order valence-corrected chi connectivity index (χ2v) is 2.86. The first-order valence-electron chi connectivity index (χ1n) is 4.45. The molecule has 0 aliphatic carbocycles. The van der Waals surface area contributed by atoms with E-state index in [9.17, 15) is 4.79 Å². The van der Waals surface area contributed by atoms with E-state index in [1.807, 2.05) is 6.07 Å². The largest absolute Gasteiger partial charge is 0.463 e. The molecule has 0 fully saturated rings. The molecule has 0 radical (unpaired) electrons. The van der Waals surface area contributed by atoms with Crippen molar-refractivity contribution in [1.29, 1.82) is 0 Å². The molecule has 1 aromatic rings. The SMILES string of the molecule is CCCCc1ccc(C(=O)OC)o1. The van der Waals surface area contributed by atoms with Crippen LogP contribution in [0.2, 0.25) is 0 Å². The van der Waals surface area contributed by atoms with E-state index in [0.717, 1.165) is 25.0 Å². The summed E-state index contributed by atoms with van der Waals surface area (Å²) in [6, 6.07) is 3.47. The Morgan fingerprint density at radius 3 is 2.92 bits per heavy atom. The molecule has 0 atom stereocenters. The number of esters is 1. The molecule has 0 saturated carbocycles. The van der Waals surface area contributed by atoms with Crippen LogP contribution in [-0.2, 0) is 11.2 Å². The van der Waals surface area contributed by atoms with E-state index in [-0.39, 0.29) is 5.76 Å². The van der Waals surface area contributed by atoms with Crippen LogP contribution < -0.4 is 0 Å². The summed E-state index contributed by atoms with van der Waals surface area (Å²) >= 11 is 0. The smallest absolute Gasteiger partial charge is 0.373 e. The van der Waals surface area contributed by atoms with Crippen LogP contribution in [0.25, 0.3) is 0 Å². The van der Waals surface area contributed by atoms with Crippen LogP contribution >= 0.6 is 0 Å². The minimum Gasteiger partial charge on any atom is -0.463 e. The van der Waals surface area contributed by atoms with Crippen LogP contribution in [0, 0.1) is 0 Å². The first-order chi connectivity index (χ1) is 6.27. The van der Waals surface area contributed by atoms with Gasteiger partial charge in [-0.15, -0.1) is 0 Å². The fourth-order valence-electron chi connectivity index (χ4n) is 1.07. The Hall–Kier alpha value is -1.25. The van der Waals surface area contributed by atoms with Crippen molar-refractivity contribution in [3.63, 3.8) is 0 Å². The van der Waals surface area contributed by atoms with Gasteiger partial charge in [-0.3, -0.25) is 0 Å². The number of hydrogen-bond donors (Lipinski definition) is 0. The number of rotatable bonds is 4. The topological polar surface area (TPSA) is 39.4 Å². The average Bonchev–Trinajstić information content (AvgIpc) is 2.62. The molecule has 0 aliphatic rings. The number of hydrogen-bond acceptors (Lipinski definition) is 3. The Morgan fingerprint density at radius 2 is 2.31 bits per heavy atom. The van der Waals surface area contributed by atoms with Crippen molar-refractivity contribution >= 4 is 5.97 Å². The van der Waals surface area contributed by atoms with Crippen LogP contribution in [0.4, 0.5) is 0 Å². The monoisotopic (exact) mass is 182 g/mol. The lowest BCUT2D eigenvalue weighted by Crippen LogP contribution is -1.98. The maximum Gasteiger partial charge on any atom is 0.373 e. The maximum atomic E-state index is 11.0. The Labute approximate surface area is 77.7 Å². The minimum absolute atomic E-state index is 0.286. The third-order valence-corrected chi connectivity index (χ3v) is 1.82. The molecule has 0 unspecified atom stereocenters. The lowest BCUT2D eigenvalue weighted by atomic mass is 10.2. The van der Waals surface area contributed by atoms with Gasteiger partial charge in [0.2, 0.25) is 5.76 Å². The highest BCUT2D eigenvalue weighted by molar-refractivity contribution is 5.86. The highest BCUT2D eigenvalue weighted by Crippen LogP contribution is 2.11. The van der Waals surface area contributed by atoms with E-state index in [0.29, 0.717) is 0 Å². The predicted molar refractivity (Wildman–Crippen MR) is 48.7 cm³/mol. The van der Waals surface area contributed by atoms with E-state index in [2.05, 4.69) is 11.7 Å². The van der Waals surface area contributed by atoms with E-state index < -0.39 is 5.97 Å². The first kappa shape index (κ1) is 9.84. The van der Waals surface area contributed by atoms with E-state index in [1.54, 1.807) is 6.07 Å².